The molecule has 0 aliphatic carbocycles. The lowest BCUT2D eigenvalue weighted by Gasteiger charge is -2.24. The first-order valence-corrected chi connectivity index (χ1v) is 9.87. The molecule has 2 aromatic carbocycles. The summed E-state index contributed by atoms with van der Waals surface area (Å²) in [4.78, 5) is 33.8. The highest BCUT2D eigenvalue weighted by atomic mass is 19.1. The molecule has 1 atom stereocenters. The van der Waals surface area contributed by atoms with Crippen molar-refractivity contribution in [2.45, 2.75) is 26.2 Å². The topological polar surface area (TPSA) is 84.0 Å². The van der Waals surface area contributed by atoms with Crippen LogP contribution in [-0.2, 0) is 9.59 Å². The molecule has 2 N–H and O–H groups in total. The lowest BCUT2D eigenvalue weighted by molar-refractivity contribution is -0.121. The first-order chi connectivity index (χ1) is 14.9. The number of nitrogens with one attached hydrogen (secondary N) is 2. The van der Waals surface area contributed by atoms with E-state index in [1.807, 2.05) is 38.1 Å². The summed E-state index contributed by atoms with van der Waals surface area (Å²) in [6.45, 7) is 3.78. The van der Waals surface area contributed by atoms with Gasteiger partial charge in [-0.1, -0.05) is 24.3 Å². The fourth-order valence-electron chi connectivity index (χ4n) is 3.51. The number of carbonyl (C=O) groups is 2. The molecule has 1 aliphatic heterocycles. The van der Waals surface area contributed by atoms with Crippen LogP contribution in [0.2, 0.25) is 0 Å². The molecule has 156 valence electrons. The Morgan fingerprint density at radius 3 is 2.65 bits per heavy atom. The van der Waals surface area contributed by atoms with Crippen LogP contribution in [-0.4, -0.2) is 21.8 Å². The highest BCUT2D eigenvalue weighted by Gasteiger charge is 2.29. The monoisotopic (exact) mass is 416 g/mol. The molecule has 0 bridgehead atoms. The number of aromatic nitrogens is 2. The number of hydrogen-bond acceptors (Lipinski definition) is 4. The largest absolute Gasteiger partial charge is 0.332 e. The Hall–Kier alpha value is -3.87. The van der Waals surface area contributed by atoms with Gasteiger partial charge in [-0.3, -0.25) is 9.59 Å². The fraction of sp³-hybridized carbons (Fsp3) is 0.167. The number of amides is 2. The van der Waals surface area contributed by atoms with E-state index in [1.54, 1.807) is 18.3 Å². The minimum Gasteiger partial charge on any atom is -0.332 e. The molecule has 2 amide bonds. The maximum absolute atomic E-state index is 13.3. The van der Waals surface area contributed by atoms with E-state index in [9.17, 15) is 14.0 Å². The van der Waals surface area contributed by atoms with Crippen LogP contribution in [0.15, 0.2) is 66.5 Å². The third kappa shape index (κ3) is 4.50. The van der Waals surface area contributed by atoms with E-state index in [2.05, 4.69) is 20.6 Å². The van der Waals surface area contributed by atoms with Gasteiger partial charge in [-0.2, -0.15) is 0 Å². The van der Waals surface area contributed by atoms with Crippen molar-refractivity contribution in [2.24, 2.45) is 0 Å². The van der Waals surface area contributed by atoms with Gasteiger partial charge in [-0.25, -0.2) is 14.4 Å². The van der Waals surface area contributed by atoms with Crippen LogP contribution in [0.25, 0.3) is 11.4 Å². The Morgan fingerprint density at radius 1 is 1.13 bits per heavy atom. The second-order valence-electron chi connectivity index (χ2n) is 7.48. The predicted molar refractivity (Wildman–Crippen MR) is 116 cm³/mol. The maximum Gasteiger partial charge on any atom is 0.253 e. The molecule has 3 aromatic rings. The van der Waals surface area contributed by atoms with Gasteiger partial charge in [0.25, 0.3) is 5.91 Å². The summed E-state index contributed by atoms with van der Waals surface area (Å²) in [6.07, 6.45) is 3.23. The highest BCUT2D eigenvalue weighted by molar-refractivity contribution is 6.07. The molecule has 1 aromatic heterocycles. The molecule has 1 unspecified atom stereocenters. The SMILES string of the molecule is Cc1ccnc(-c2ccc(C)c(NC(=O)C3=CNC(=O)CC3c3ccc(F)cc3)c2)n1. The number of anilines is 1. The number of hydrogen-bond donors (Lipinski definition) is 2. The lowest BCUT2D eigenvalue weighted by Crippen LogP contribution is -2.32. The highest BCUT2D eigenvalue weighted by Crippen LogP contribution is 2.32. The van der Waals surface area contributed by atoms with Crippen molar-refractivity contribution in [3.63, 3.8) is 0 Å². The Balaban J connectivity index is 1.62. The Kier molecular flexibility index (Phi) is 5.58. The van der Waals surface area contributed by atoms with E-state index >= 15 is 0 Å². The third-order valence-electron chi connectivity index (χ3n) is 5.23. The molecular formula is C24H21FN4O2. The molecule has 6 nitrogen and oxygen atoms in total. The third-order valence-corrected chi connectivity index (χ3v) is 5.23. The summed E-state index contributed by atoms with van der Waals surface area (Å²) in [5, 5.41) is 5.55. The smallest absolute Gasteiger partial charge is 0.253 e. The summed E-state index contributed by atoms with van der Waals surface area (Å²) in [7, 11) is 0. The zero-order chi connectivity index (χ0) is 22.0. The Bertz CT molecular complexity index is 1190. The van der Waals surface area contributed by atoms with Gasteiger partial charge in [0, 0.05) is 47.3 Å². The Labute approximate surface area is 179 Å². The fourth-order valence-corrected chi connectivity index (χ4v) is 3.51. The van der Waals surface area contributed by atoms with Crippen LogP contribution in [0.3, 0.4) is 0 Å². The molecular weight excluding hydrogens is 395 g/mol. The second kappa shape index (κ2) is 8.47. The van der Waals surface area contributed by atoms with Crippen molar-refractivity contribution in [3.8, 4) is 11.4 Å². The van der Waals surface area contributed by atoms with E-state index in [0.29, 0.717) is 22.6 Å². The van der Waals surface area contributed by atoms with Gasteiger partial charge in [0.1, 0.15) is 5.82 Å². The molecule has 7 heteroatoms. The normalized spacial score (nSPS) is 15.8. The average Bonchev–Trinajstić information content (AvgIpc) is 2.75. The summed E-state index contributed by atoms with van der Waals surface area (Å²) in [5.74, 6) is -0.785. The first kappa shape index (κ1) is 20.4. The molecule has 2 heterocycles. The number of carbonyl (C=O) groups excluding carboxylic acids is 2. The van der Waals surface area contributed by atoms with Gasteiger partial charge < -0.3 is 10.6 Å². The van der Waals surface area contributed by atoms with Crippen molar-refractivity contribution in [2.75, 3.05) is 5.32 Å². The van der Waals surface area contributed by atoms with E-state index < -0.39 is 5.92 Å². The number of halogens is 1. The van der Waals surface area contributed by atoms with Crippen molar-refractivity contribution in [3.05, 3.63) is 89.1 Å². The van der Waals surface area contributed by atoms with Crippen molar-refractivity contribution in [1.29, 1.82) is 0 Å². The van der Waals surface area contributed by atoms with Crippen LogP contribution in [0.4, 0.5) is 10.1 Å². The number of nitrogens with zero attached hydrogens (tertiary/aromatic N) is 2. The molecule has 4 rings (SSSR count). The number of rotatable bonds is 4. The van der Waals surface area contributed by atoms with Gasteiger partial charge in [0.2, 0.25) is 5.91 Å². The zero-order valence-corrected chi connectivity index (χ0v) is 17.1. The zero-order valence-electron chi connectivity index (χ0n) is 17.1. The van der Waals surface area contributed by atoms with Crippen LogP contribution in [0, 0.1) is 19.7 Å². The van der Waals surface area contributed by atoms with Gasteiger partial charge in [0.15, 0.2) is 5.82 Å². The lowest BCUT2D eigenvalue weighted by atomic mass is 9.86. The van der Waals surface area contributed by atoms with E-state index in [-0.39, 0.29) is 24.1 Å². The van der Waals surface area contributed by atoms with E-state index in [1.165, 1.54) is 18.3 Å². The standard InChI is InChI=1S/C24H21FN4O2/c1-14-3-4-17(23-26-10-9-15(2)28-23)11-21(14)29-24(31)20-13-27-22(30)12-19(20)16-5-7-18(25)8-6-16/h3-11,13,19H,12H2,1-2H3,(H,27,30)(H,29,31). The van der Waals surface area contributed by atoms with Crippen molar-refractivity contribution in [1.82, 2.24) is 15.3 Å². The summed E-state index contributed by atoms with van der Waals surface area (Å²) < 4.78 is 13.3. The average molecular weight is 416 g/mol. The predicted octanol–water partition coefficient (Wildman–Crippen LogP) is 4.03. The van der Waals surface area contributed by atoms with Crippen LogP contribution < -0.4 is 10.6 Å². The van der Waals surface area contributed by atoms with Crippen LogP contribution in [0.5, 0.6) is 0 Å². The minimum absolute atomic E-state index is 0.112. The van der Waals surface area contributed by atoms with Gasteiger partial charge in [-0.15, -0.1) is 0 Å². The van der Waals surface area contributed by atoms with Crippen molar-refractivity contribution < 1.29 is 14.0 Å². The summed E-state index contributed by atoms with van der Waals surface area (Å²) in [6, 6.07) is 13.3. The van der Waals surface area contributed by atoms with Gasteiger partial charge in [0.05, 0.1) is 0 Å². The van der Waals surface area contributed by atoms with E-state index in [0.717, 1.165) is 16.8 Å². The number of aryl methyl sites for hydroxylation is 2. The molecule has 0 fully saturated rings. The first-order valence-electron chi connectivity index (χ1n) is 9.87. The minimum atomic E-state index is -0.460. The quantitative estimate of drug-likeness (QED) is 0.673. The van der Waals surface area contributed by atoms with Crippen LogP contribution in [0.1, 0.15) is 29.2 Å². The summed E-state index contributed by atoms with van der Waals surface area (Å²) in [5.41, 5.74) is 4.25. The molecule has 0 saturated carbocycles. The molecule has 31 heavy (non-hydrogen) atoms. The van der Waals surface area contributed by atoms with Gasteiger partial charge in [-0.05, 0) is 49.2 Å². The van der Waals surface area contributed by atoms with Crippen molar-refractivity contribution >= 4 is 17.5 Å². The maximum atomic E-state index is 13.3. The van der Waals surface area contributed by atoms with Gasteiger partial charge >= 0.3 is 0 Å². The number of benzene rings is 2. The summed E-state index contributed by atoms with van der Waals surface area (Å²) >= 11 is 0. The molecule has 0 spiro atoms. The Morgan fingerprint density at radius 2 is 1.90 bits per heavy atom. The molecule has 0 saturated heterocycles. The molecule has 0 radical (unpaired) electrons. The van der Waals surface area contributed by atoms with Crippen LogP contribution >= 0.6 is 0 Å². The second-order valence-corrected chi connectivity index (χ2v) is 7.48. The van der Waals surface area contributed by atoms with E-state index in [4.69, 9.17) is 0 Å². The molecule has 1 aliphatic rings.